The monoisotopic (exact) mass is 247 g/mol. The second-order valence-electron chi connectivity index (χ2n) is 5.64. The van der Waals surface area contributed by atoms with Crippen LogP contribution in [0.4, 0.5) is 9.18 Å². The average molecular weight is 247 g/mol. The first-order valence-electron chi connectivity index (χ1n) is 6.01. The fourth-order valence-electron chi connectivity index (χ4n) is 1.96. The highest BCUT2D eigenvalue weighted by Gasteiger charge is 2.35. The van der Waals surface area contributed by atoms with E-state index in [1.165, 1.54) is 4.90 Å². The van der Waals surface area contributed by atoms with E-state index in [9.17, 15) is 14.3 Å². The number of carbonyl (C=O) groups is 1. The standard InChI is InChI=1S/C12H22FNO3/c1-8(15)9-5-6-14(7-10(9)13)11(16)17-12(2,3)4/h8-10,15H,5-7H2,1-4H3. The Morgan fingerprint density at radius 3 is 2.53 bits per heavy atom. The van der Waals surface area contributed by atoms with E-state index in [0.29, 0.717) is 13.0 Å². The summed E-state index contributed by atoms with van der Waals surface area (Å²) in [7, 11) is 0. The fraction of sp³-hybridized carbons (Fsp3) is 0.917. The van der Waals surface area contributed by atoms with Crippen LogP contribution in [0.5, 0.6) is 0 Å². The molecule has 0 aromatic carbocycles. The van der Waals surface area contributed by atoms with Crippen LogP contribution in [0.25, 0.3) is 0 Å². The van der Waals surface area contributed by atoms with Crippen LogP contribution in [0.1, 0.15) is 34.1 Å². The van der Waals surface area contributed by atoms with Crippen LogP contribution < -0.4 is 0 Å². The smallest absolute Gasteiger partial charge is 0.410 e. The zero-order valence-corrected chi connectivity index (χ0v) is 10.9. The first kappa shape index (κ1) is 14.2. The lowest BCUT2D eigenvalue weighted by Crippen LogP contribution is -2.49. The number of hydrogen-bond donors (Lipinski definition) is 1. The average Bonchev–Trinajstić information content (AvgIpc) is 2.14. The topological polar surface area (TPSA) is 49.8 Å². The van der Waals surface area contributed by atoms with E-state index in [1.54, 1.807) is 27.7 Å². The maximum Gasteiger partial charge on any atom is 0.410 e. The van der Waals surface area contributed by atoms with Gasteiger partial charge >= 0.3 is 6.09 Å². The van der Waals surface area contributed by atoms with Gasteiger partial charge in [-0.25, -0.2) is 9.18 Å². The molecule has 0 aromatic heterocycles. The predicted octanol–water partition coefficient (Wildman–Crippen LogP) is 1.96. The first-order chi connectivity index (χ1) is 7.70. The lowest BCUT2D eigenvalue weighted by molar-refractivity contribution is -0.0154. The summed E-state index contributed by atoms with van der Waals surface area (Å²) in [4.78, 5) is 13.1. The predicted molar refractivity (Wildman–Crippen MR) is 62.5 cm³/mol. The summed E-state index contributed by atoms with van der Waals surface area (Å²) in [6, 6.07) is 0. The number of piperidine rings is 1. The summed E-state index contributed by atoms with van der Waals surface area (Å²) < 4.78 is 18.9. The molecule has 4 nitrogen and oxygen atoms in total. The van der Waals surface area contributed by atoms with Crippen molar-refractivity contribution in [3.63, 3.8) is 0 Å². The zero-order chi connectivity index (χ0) is 13.2. The summed E-state index contributed by atoms with van der Waals surface area (Å²) in [5.41, 5.74) is -0.565. The van der Waals surface area contributed by atoms with Gasteiger partial charge in [0, 0.05) is 12.5 Å². The highest BCUT2D eigenvalue weighted by molar-refractivity contribution is 5.68. The minimum absolute atomic E-state index is 0.00444. The van der Waals surface area contributed by atoms with Crippen molar-refractivity contribution in [3.05, 3.63) is 0 Å². The van der Waals surface area contributed by atoms with Crippen molar-refractivity contribution in [1.82, 2.24) is 4.90 Å². The summed E-state index contributed by atoms with van der Waals surface area (Å²) in [5.74, 6) is -0.381. The third-order valence-electron chi connectivity index (χ3n) is 2.86. The first-order valence-corrected chi connectivity index (χ1v) is 6.01. The minimum Gasteiger partial charge on any atom is -0.444 e. The Balaban J connectivity index is 2.52. The highest BCUT2D eigenvalue weighted by atomic mass is 19.1. The van der Waals surface area contributed by atoms with Gasteiger partial charge in [-0.15, -0.1) is 0 Å². The maximum absolute atomic E-state index is 13.7. The molecule has 5 heteroatoms. The van der Waals surface area contributed by atoms with Gasteiger partial charge in [0.25, 0.3) is 0 Å². The summed E-state index contributed by atoms with van der Waals surface area (Å²) in [6.07, 6.45) is -1.87. The normalized spacial score (nSPS) is 27.8. The number of aliphatic hydroxyl groups is 1. The largest absolute Gasteiger partial charge is 0.444 e. The van der Waals surface area contributed by atoms with E-state index >= 15 is 0 Å². The molecule has 17 heavy (non-hydrogen) atoms. The molecule has 3 unspecified atom stereocenters. The fourth-order valence-corrected chi connectivity index (χ4v) is 1.96. The Labute approximate surface area is 102 Å². The molecule has 0 bridgehead atoms. The van der Waals surface area contributed by atoms with Crippen molar-refractivity contribution in [2.45, 2.75) is 52.0 Å². The molecule has 1 N–H and O–H groups in total. The number of carbonyl (C=O) groups excluding carboxylic acids is 1. The van der Waals surface area contributed by atoms with E-state index in [4.69, 9.17) is 4.74 Å². The van der Waals surface area contributed by atoms with Crippen LogP contribution in [0.15, 0.2) is 0 Å². The van der Waals surface area contributed by atoms with Crippen molar-refractivity contribution < 1.29 is 19.0 Å². The Hall–Kier alpha value is -0.840. The van der Waals surface area contributed by atoms with E-state index < -0.39 is 24.0 Å². The SMILES string of the molecule is CC(O)C1CCN(C(=O)OC(C)(C)C)CC1F. The number of likely N-dealkylation sites (tertiary alicyclic amines) is 1. The van der Waals surface area contributed by atoms with Gasteiger partial charge in [0.05, 0.1) is 12.6 Å². The molecular weight excluding hydrogens is 225 g/mol. The minimum atomic E-state index is -1.18. The molecule has 1 fully saturated rings. The van der Waals surface area contributed by atoms with Crippen molar-refractivity contribution in [2.75, 3.05) is 13.1 Å². The highest BCUT2D eigenvalue weighted by Crippen LogP contribution is 2.24. The molecule has 1 rings (SSSR count). The molecule has 0 saturated carbocycles. The van der Waals surface area contributed by atoms with Crippen LogP contribution in [-0.4, -0.2) is 47.1 Å². The van der Waals surface area contributed by atoms with E-state index in [-0.39, 0.29) is 12.5 Å². The third-order valence-corrected chi connectivity index (χ3v) is 2.86. The lowest BCUT2D eigenvalue weighted by atomic mass is 9.91. The number of aliphatic hydroxyl groups excluding tert-OH is 1. The van der Waals surface area contributed by atoms with Crippen LogP contribution >= 0.6 is 0 Å². The molecule has 1 heterocycles. The van der Waals surface area contributed by atoms with E-state index in [1.807, 2.05) is 0 Å². The Morgan fingerprint density at radius 2 is 2.12 bits per heavy atom. The van der Waals surface area contributed by atoms with Crippen LogP contribution in [0, 0.1) is 5.92 Å². The Bertz CT molecular complexity index is 275. The van der Waals surface area contributed by atoms with Gasteiger partial charge in [-0.3, -0.25) is 0 Å². The lowest BCUT2D eigenvalue weighted by Gasteiger charge is -2.36. The van der Waals surface area contributed by atoms with Crippen molar-refractivity contribution in [2.24, 2.45) is 5.92 Å². The zero-order valence-electron chi connectivity index (χ0n) is 10.9. The number of amides is 1. The Morgan fingerprint density at radius 1 is 1.53 bits per heavy atom. The van der Waals surface area contributed by atoms with Gasteiger partial charge in [0.2, 0.25) is 0 Å². The molecule has 1 amide bonds. The summed E-state index contributed by atoms with van der Waals surface area (Å²) >= 11 is 0. The van der Waals surface area contributed by atoms with Gasteiger partial charge in [0.15, 0.2) is 0 Å². The molecule has 1 saturated heterocycles. The van der Waals surface area contributed by atoms with Gasteiger partial charge in [-0.1, -0.05) is 0 Å². The summed E-state index contributed by atoms with van der Waals surface area (Å²) in [6.45, 7) is 7.36. The van der Waals surface area contributed by atoms with Gasteiger partial charge in [-0.05, 0) is 34.1 Å². The van der Waals surface area contributed by atoms with E-state index in [2.05, 4.69) is 0 Å². The molecule has 0 radical (unpaired) electrons. The molecule has 3 atom stereocenters. The number of alkyl halides is 1. The molecule has 0 spiro atoms. The van der Waals surface area contributed by atoms with Gasteiger partial charge in [-0.2, -0.15) is 0 Å². The van der Waals surface area contributed by atoms with Crippen molar-refractivity contribution in [1.29, 1.82) is 0 Å². The van der Waals surface area contributed by atoms with Crippen LogP contribution in [0.3, 0.4) is 0 Å². The second-order valence-corrected chi connectivity index (χ2v) is 5.64. The molecule has 1 aliphatic rings. The number of halogens is 1. The number of hydrogen-bond acceptors (Lipinski definition) is 3. The maximum atomic E-state index is 13.7. The molecule has 100 valence electrons. The number of nitrogens with zero attached hydrogens (tertiary/aromatic N) is 1. The molecule has 0 aliphatic carbocycles. The van der Waals surface area contributed by atoms with Crippen molar-refractivity contribution in [3.8, 4) is 0 Å². The van der Waals surface area contributed by atoms with Crippen LogP contribution in [-0.2, 0) is 4.74 Å². The molecule has 1 aliphatic heterocycles. The van der Waals surface area contributed by atoms with Crippen molar-refractivity contribution >= 4 is 6.09 Å². The van der Waals surface area contributed by atoms with Gasteiger partial charge < -0.3 is 14.7 Å². The second kappa shape index (κ2) is 5.21. The third kappa shape index (κ3) is 4.15. The number of ether oxygens (including phenoxy) is 1. The molecular formula is C12H22FNO3. The number of rotatable bonds is 1. The van der Waals surface area contributed by atoms with Gasteiger partial charge in [0.1, 0.15) is 11.8 Å². The quantitative estimate of drug-likeness (QED) is 0.770. The molecule has 0 aromatic rings. The summed E-state index contributed by atoms with van der Waals surface area (Å²) in [5, 5.41) is 9.38. The van der Waals surface area contributed by atoms with E-state index in [0.717, 1.165) is 0 Å². The Kier molecular flexibility index (Phi) is 4.36. The van der Waals surface area contributed by atoms with Crippen LogP contribution in [0.2, 0.25) is 0 Å².